The third kappa shape index (κ3) is 4.69. The number of hydrogen-bond donors (Lipinski definition) is 0. The molecule has 0 saturated carbocycles. The number of thiazole rings is 1. The molecule has 0 atom stereocenters. The van der Waals surface area contributed by atoms with E-state index >= 15 is 0 Å². The number of anilines is 1. The molecule has 1 heterocycles. The summed E-state index contributed by atoms with van der Waals surface area (Å²) in [6.45, 7) is 3.46. The first-order valence-corrected chi connectivity index (χ1v) is 10.1. The van der Waals surface area contributed by atoms with Gasteiger partial charge in [-0.2, -0.15) is 0 Å². The zero-order valence-electron chi connectivity index (χ0n) is 15.2. The monoisotopic (exact) mass is 431 g/mol. The molecule has 1 amide bonds. The Morgan fingerprint density at radius 3 is 2.69 bits per heavy atom. The molecule has 0 aliphatic carbocycles. The average molecular weight is 432 g/mol. The minimum absolute atomic E-state index is 0.0792. The number of likely N-dealkylation sites (N-methyl/N-ethyl adjacent to an activating group) is 1. The van der Waals surface area contributed by atoms with E-state index in [1.54, 1.807) is 11.3 Å². The summed E-state index contributed by atoms with van der Waals surface area (Å²) in [4.78, 5) is 21.6. The van der Waals surface area contributed by atoms with Crippen LogP contribution in [0.3, 0.4) is 0 Å². The van der Waals surface area contributed by atoms with Crippen LogP contribution >= 0.6 is 27.3 Å². The van der Waals surface area contributed by atoms with Gasteiger partial charge >= 0.3 is 0 Å². The van der Waals surface area contributed by atoms with E-state index in [0.717, 1.165) is 31.9 Å². The zero-order valence-corrected chi connectivity index (χ0v) is 17.6. The Morgan fingerprint density at radius 2 is 1.96 bits per heavy atom. The molecule has 0 aliphatic heterocycles. The molecular weight excluding hydrogens is 410 g/mol. The molecule has 4 nitrogen and oxygen atoms in total. The highest BCUT2D eigenvalue weighted by Gasteiger charge is 2.20. The van der Waals surface area contributed by atoms with Crippen LogP contribution in [-0.4, -0.2) is 43.0 Å². The number of rotatable bonds is 6. The molecule has 0 fully saturated rings. The van der Waals surface area contributed by atoms with Gasteiger partial charge in [-0.25, -0.2) is 4.98 Å². The van der Waals surface area contributed by atoms with Gasteiger partial charge in [-0.1, -0.05) is 57.1 Å². The molecule has 0 unspecified atom stereocenters. The highest BCUT2D eigenvalue weighted by atomic mass is 79.9. The molecule has 0 radical (unpaired) electrons. The van der Waals surface area contributed by atoms with Crippen molar-refractivity contribution in [2.75, 3.05) is 32.1 Å². The van der Waals surface area contributed by atoms with Crippen LogP contribution in [0.1, 0.15) is 11.1 Å². The van der Waals surface area contributed by atoms with Gasteiger partial charge in [0, 0.05) is 17.6 Å². The summed E-state index contributed by atoms with van der Waals surface area (Å²) in [6.07, 6.45) is 0.384. The SMILES string of the molecule is Cc1cccc(CC(=O)N(CCN(C)C)c2nc3ccc(Br)cc3s2)c1. The Hall–Kier alpha value is -1.76. The third-order valence-corrected chi connectivity index (χ3v) is 5.61. The average Bonchev–Trinajstić information content (AvgIpc) is 2.97. The van der Waals surface area contributed by atoms with Gasteiger partial charge in [-0.15, -0.1) is 0 Å². The molecule has 0 bridgehead atoms. The van der Waals surface area contributed by atoms with Crippen molar-refractivity contribution in [1.82, 2.24) is 9.88 Å². The van der Waals surface area contributed by atoms with Crippen molar-refractivity contribution in [2.45, 2.75) is 13.3 Å². The Bertz CT molecular complexity index is 922. The Morgan fingerprint density at radius 1 is 1.15 bits per heavy atom. The largest absolute Gasteiger partial charge is 0.308 e. The molecular formula is C20H22BrN3OS. The molecule has 1 aromatic heterocycles. The van der Waals surface area contributed by atoms with E-state index in [-0.39, 0.29) is 5.91 Å². The maximum Gasteiger partial charge on any atom is 0.233 e. The second kappa shape index (κ2) is 8.29. The van der Waals surface area contributed by atoms with Crippen LogP contribution < -0.4 is 4.90 Å². The van der Waals surface area contributed by atoms with E-state index in [1.807, 2.05) is 62.3 Å². The first-order valence-electron chi connectivity index (χ1n) is 8.49. The van der Waals surface area contributed by atoms with Crippen molar-refractivity contribution in [1.29, 1.82) is 0 Å². The van der Waals surface area contributed by atoms with Crippen molar-refractivity contribution in [3.8, 4) is 0 Å². The van der Waals surface area contributed by atoms with E-state index in [4.69, 9.17) is 4.98 Å². The summed E-state index contributed by atoms with van der Waals surface area (Å²) in [7, 11) is 4.03. The van der Waals surface area contributed by atoms with E-state index in [9.17, 15) is 4.79 Å². The number of aromatic nitrogens is 1. The molecule has 2 aromatic carbocycles. The summed E-state index contributed by atoms with van der Waals surface area (Å²) >= 11 is 5.06. The minimum Gasteiger partial charge on any atom is -0.308 e. The fraction of sp³-hybridized carbons (Fsp3) is 0.300. The number of carbonyl (C=O) groups is 1. The van der Waals surface area contributed by atoms with E-state index < -0.39 is 0 Å². The summed E-state index contributed by atoms with van der Waals surface area (Å²) in [5.74, 6) is 0.0792. The van der Waals surface area contributed by atoms with Crippen molar-refractivity contribution < 1.29 is 4.79 Å². The second-order valence-corrected chi connectivity index (χ2v) is 8.55. The van der Waals surface area contributed by atoms with Crippen LogP contribution in [0.4, 0.5) is 5.13 Å². The lowest BCUT2D eigenvalue weighted by molar-refractivity contribution is -0.118. The summed E-state index contributed by atoms with van der Waals surface area (Å²) in [6, 6.07) is 14.1. The fourth-order valence-electron chi connectivity index (χ4n) is 2.72. The van der Waals surface area contributed by atoms with Gasteiger partial charge in [0.2, 0.25) is 5.91 Å². The topological polar surface area (TPSA) is 36.4 Å². The molecule has 6 heteroatoms. The van der Waals surface area contributed by atoms with Crippen molar-refractivity contribution in [3.63, 3.8) is 0 Å². The molecule has 3 rings (SSSR count). The lowest BCUT2D eigenvalue weighted by Crippen LogP contribution is -2.37. The van der Waals surface area contributed by atoms with Crippen LogP contribution in [0.15, 0.2) is 46.9 Å². The fourth-order valence-corrected chi connectivity index (χ4v) is 4.28. The summed E-state index contributed by atoms with van der Waals surface area (Å²) < 4.78 is 2.10. The van der Waals surface area contributed by atoms with E-state index in [0.29, 0.717) is 13.0 Å². The minimum atomic E-state index is 0.0792. The predicted molar refractivity (Wildman–Crippen MR) is 113 cm³/mol. The van der Waals surface area contributed by atoms with Gasteiger partial charge in [0.1, 0.15) is 0 Å². The van der Waals surface area contributed by atoms with E-state index in [2.05, 4.69) is 26.9 Å². The van der Waals surface area contributed by atoms with Gasteiger partial charge in [0.25, 0.3) is 0 Å². The number of fused-ring (bicyclic) bond motifs is 1. The standard InChI is InChI=1S/C20H22BrN3OS/c1-14-5-4-6-15(11-14)12-19(25)24(10-9-23(2)3)20-22-17-8-7-16(21)13-18(17)26-20/h4-8,11,13H,9-10,12H2,1-3H3. The number of nitrogens with zero attached hydrogens (tertiary/aromatic N) is 3. The molecule has 0 saturated heterocycles. The van der Waals surface area contributed by atoms with Gasteiger partial charge in [0.05, 0.1) is 16.6 Å². The maximum absolute atomic E-state index is 13.0. The van der Waals surface area contributed by atoms with E-state index in [1.165, 1.54) is 5.56 Å². The molecule has 0 N–H and O–H groups in total. The predicted octanol–water partition coefficient (Wildman–Crippen LogP) is 4.50. The summed E-state index contributed by atoms with van der Waals surface area (Å²) in [5.41, 5.74) is 3.13. The number of amides is 1. The quantitative estimate of drug-likeness (QED) is 0.576. The first-order chi connectivity index (χ1) is 12.4. The lowest BCUT2D eigenvalue weighted by Gasteiger charge is -2.22. The smallest absolute Gasteiger partial charge is 0.233 e. The van der Waals surface area contributed by atoms with Crippen molar-refractivity contribution in [3.05, 3.63) is 58.1 Å². The van der Waals surface area contributed by atoms with Crippen LogP contribution in [0.25, 0.3) is 10.2 Å². The van der Waals surface area contributed by atoms with Crippen molar-refractivity contribution in [2.24, 2.45) is 0 Å². The molecule has 26 heavy (non-hydrogen) atoms. The van der Waals surface area contributed by atoms with Gasteiger partial charge in [-0.05, 0) is 44.8 Å². The summed E-state index contributed by atoms with van der Waals surface area (Å²) in [5, 5.41) is 0.762. The number of carbonyl (C=O) groups excluding carboxylic acids is 1. The Kier molecular flexibility index (Phi) is 6.06. The highest BCUT2D eigenvalue weighted by Crippen LogP contribution is 2.31. The highest BCUT2D eigenvalue weighted by molar-refractivity contribution is 9.10. The van der Waals surface area contributed by atoms with Gasteiger partial charge in [-0.3, -0.25) is 9.69 Å². The van der Waals surface area contributed by atoms with Crippen LogP contribution in [0, 0.1) is 6.92 Å². The molecule has 136 valence electrons. The third-order valence-electron chi connectivity index (χ3n) is 4.08. The zero-order chi connectivity index (χ0) is 18.7. The lowest BCUT2D eigenvalue weighted by atomic mass is 10.1. The number of hydrogen-bond acceptors (Lipinski definition) is 4. The Balaban J connectivity index is 1.88. The Labute approximate surface area is 166 Å². The molecule has 0 spiro atoms. The van der Waals surface area contributed by atoms with Crippen LogP contribution in [-0.2, 0) is 11.2 Å². The first kappa shape index (κ1) is 19.0. The molecule has 0 aliphatic rings. The van der Waals surface area contributed by atoms with Gasteiger partial charge < -0.3 is 4.90 Å². The normalized spacial score (nSPS) is 11.3. The molecule has 3 aromatic rings. The van der Waals surface area contributed by atoms with Crippen molar-refractivity contribution >= 4 is 48.5 Å². The number of aryl methyl sites for hydroxylation is 1. The van der Waals surface area contributed by atoms with Crippen LogP contribution in [0.5, 0.6) is 0 Å². The van der Waals surface area contributed by atoms with Crippen LogP contribution in [0.2, 0.25) is 0 Å². The number of halogens is 1. The second-order valence-electron chi connectivity index (χ2n) is 6.62. The van der Waals surface area contributed by atoms with Gasteiger partial charge in [0.15, 0.2) is 5.13 Å². The maximum atomic E-state index is 13.0. The number of benzene rings is 2.